The highest BCUT2D eigenvalue weighted by Crippen LogP contribution is 2.34. The number of nitro groups is 1. The molecule has 184 valence electrons. The Hall–Kier alpha value is -2.86. The Bertz CT molecular complexity index is 1330. The second-order valence-electron chi connectivity index (χ2n) is 8.11. The first-order chi connectivity index (χ1) is 16.6. The summed E-state index contributed by atoms with van der Waals surface area (Å²) in [4.78, 5) is 26.1. The van der Waals surface area contributed by atoms with E-state index in [0.717, 1.165) is 21.3 Å². The second-order valence-corrected chi connectivity index (χ2v) is 11.4. The smallest absolute Gasteiger partial charge is 0.289 e. The molecule has 0 saturated heterocycles. The maximum absolute atomic E-state index is 13.4. The number of benzene rings is 2. The Balaban J connectivity index is 1.60. The van der Waals surface area contributed by atoms with E-state index in [-0.39, 0.29) is 29.0 Å². The molecule has 1 aliphatic rings. The lowest BCUT2D eigenvalue weighted by atomic mass is 10.2. The molecule has 0 radical (unpaired) electrons. The summed E-state index contributed by atoms with van der Waals surface area (Å²) in [6, 6.07) is 12.4. The topological polar surface area (TPSA) is 101 Å². The largest absolute Gasteiger partial charge is 0.332 e. The van der Waals surface area contributed by atoms with Crippen molar-refractivity contribution in [3.63, 3.8) is 0 Å². The van der Waals surface area contributed by atoms with Crippen LogP contribution in [0.15, 0.2) is 64.9 Å². The van der Waals surface area contributed by atoms with Crippen molar-refractivity contribution in [1.82, 2.24) is 9.21 Å². The fourth-order valence-electron chi connectivity index (χ4n) is 3.57. The van der Waals surface area contributed by atoms with Crippen molar-refractivity contribution in [2.24, 2.45) is 0 Å². The molecule has 1 aromatic heterocycles. The minimum Gasteiger partial charge on any atom is -0.332 e. The van der Waals surface area contributed by atoms with Gasteiger partial charge in [-0.25, -0.2) is 12.8 Å². The van der Waals surface area contributed by atoms with Gasteiger partial charge in [0, 0.05) is 23.5 Å². The van der Waals surface area contributed by atoms with E-state index in [1.165, 1.54) is 34.4 Å². The van der Waals surface area contributed by atoms with Crippen LogP contribution in [0.2, 0.25) is 5.02 Å². The van der Waals surface area contributed by atoms with Gasteiger partial charge in [0.1, 0.15) is 10.8 Å². The minimum atomic E-state index is -4.20. The normalized spacial score (nSPS) is 13.7. The van der Waals surface area contributed by atoms with Crippen LogP contribution in [0.4, 0.5) is 10.1 Å². The highest BCUT2D eigenvalue weighted by atomic mass is 35.5. The fraction of sp³-hybridized carbons (Fsp3) is 0.261. The van der Waals surface area contributed by atoms with Gasteiger partial charge in [0.2, 0.25) is 15.9 Å². The maximum Gasteiger partial charge on any atom is 0.289 e. The molecule has 1 fully saturated rings. The van der Waals surface area contributed by atoms with E-state index in [0.29, 0.717) is 18.4 Å². The van der Waals surface area contributed by atoms with E-state index in [1.54, 1.807) is 12.1 Å². The third-order valence-electron chi connectivity index (χ3n) is 5.53. The van der Waals surface area contributed by atoms with Crippen LogP contribution in [-0.2, 0) is 27.9 Å². The first kappa shape index (κ1) is 25.2. The molecule has 2 aromatic carbocycles. The van der Waals surface area contributed by atoms with Crippen LogP contribution in [0.1, 0.15) is 23.3 Å². The van der Waals surface area contributed by atoms with E-state index >= 15 is 0 Å². The third-order valence-corrected chi connectivity index (χ3v) is 8.61. The predicted octanol–water partition coefficient (Wildman–Crippen LogP) is 4.83. The summed E-state index contributed by atoms with van der Waals surface area (Å²) in [5.41, 5.74) is 0.177. The molecule has 0 bridgehead atoms. The average Bonchev–Trinajstić information content (AvgIpc) is 3.53. The maximum atomic E-state index is 13.4. The van der Waals surface area contributed by atoms with Gasteiger partial charge in [0.15, 0.2) is 0 Å². The average molecular weight is 538 g/mol. The summed E-state index contributed by atoms with van der Waals surface area (Å²) >= 11 is 7.31. The molecule has 12 heteroatoms. The number of thiophene rings is 1. The van der Waals surface area contributed by atoms with E-state index in [4.69, 9.17) is 11.6 Å². The van der Waals surface area contributed by atoms with Gasteiger partial charge in [-0.2, -0.15) is 4.31 Å². The van der Waals surface area contributed by atoms with Gasteiger partial charge in [-0.05, 0) is 54.1 Å². The quantitative estimate of drug-likeness (QED) is 0.272. The van der Waals surface area contributed by atoms with E-state index in [1.807, 2.05) is 17.5 Å². The summed E-state index contributed by atoms with van der Waals surface area (Å²) in [5, 5.41) is 13.0. The molecule has 1 amide bonds. The zero-order chi connectivity index (χ0) is 25.2. The van der Waals surface area contributed by atoms with Crippen molar-refractivity contribution in [2.75, 3.05) is 6.54 Å². The summed E-state index contributed by atoms with van der Waals surface area (Å²) in [7, 11) is -4.20. The molecule has 1 saturated carbocycles. The lowest BCUT2D eigenvalue weighted by Crippen LogP contribution is -2.43. The van der Waals surface area contributed by atoms with Gasteiger partial charge in [0.25, 0.3) is 5.69 Å². The predicted molar refractivity (Wildman–Crippen MR) is 130 cm³/mol. The SMILES string of the molecule is O=C(CN(C1CC1)S(=O)(=O)c1ccc(Cl)c([N+](=O)[O-])c1)N(Cc1ccc(F)cc1)Cc1cccs1. The number of halogens is 2. The van der Waals surface area contributed by atoms with Crippen molar-refractivity contribution >= 4 is 44.6 Å². The highest BCUT2D eigenvalue weighted by Gasteiger charge is 2.40. The Kier molecular flexibility index (Phi) is 7.50. The summed E-state index contributed by atoms with van der Waals surface area (Å²) in [5.74, 6) is -0.824. The standard InChI is InChI=1S/C23H21ClFN3O5S2/c24-21-10-9-20(12-22(21)28(30)31)35(32,33)27(18-7-8-18)15-23(29)26(14-19-2-1-11-34-19)13-16-3-5-17(25)6-4-16/h1-6,9-12,18H,7-8,13-15H2. The highest BCUT2D eigenvalue weighted by molar-refractivity contribution is 7.89. The number of hydrogen-bond acceptors (Lipinski definition) is 6. The molecule has 35 heavy (non-hydrogen) atoms. The van der Waals surface area contributed by atoms with Crippen molar-refractivity contribution in [1.29, 1.82) is 0 Å². The number of sulfonamides is 1. The molecule has 1 heterocycles. The second kappa shape index (κ2) is 10.4. The number of nitro benzene ring substituents is 1. The van der Waals surface area contributed by atoms with Crippen molar-refractivity contribution in [3.05, 3.63) is 91.4 Å². The fourth-order valence-corrected chi connectivity index (χ4v) is 6.13. The van der Waals surface area contributed by atoms with Gasteiger partial charge >= 0.3 is 0 Å². The monoisotopic (exact) mass is 537 g/mol. The molecule has 0 atom stereocenters. The zero-order valence-electron chi connectivity index (χ0n) is 18.3. The lowest BCUT2D eigenvalue weighted by Gasteiger charge is -2.27. The Morgan fingerprint density at radius 2 is 1.86 bits per heavy atom. The van der Waals surface area contributed by atoms with Crippen LogP contribution in [0.5, 0.6) is 0 Å². The van der Waals surface area contributed by atoms with Crippen LogP contribution < -0.4 is 0 Å². The Labute approximate surface area is 210 Å². The van der Waals surface area contributed by atoms with Gasteiger partial charge in [0.05, 0.1) is 22.9 Å². The molecule has 0 unspecified atom stereocenters. The molecule has 0 N–H and O–H groups in total. The Morgan fingerprint density at radius 3 is 2.46 bits per heavy atom. The number of amides is 1. The van der Waals surface area contributed by atoms with Gasteiger partial charge in [-0.15, -0.1) is 11.3 Å². The van der Waals surface area contributed by atoms with Crippen molar-refractivity contribution in [3.8, 4) is 0 Å². The van der Waals surface area contributed by atoms with Crippen LogP contribution in [0.3, 0.4) is 0 Å². The van der Waals surface area contributed by atoms with Crippen LogP contribution in [-0.4, -0.2) is 41.0 Å². The first-order valence-electron chi connectivity index (χ1n) is 10.7. The van der Waals surface area contributed by atoms with Crippen LogP contribution in [0.25, 0.3) is 0 Å². The molecule has 3 aromatic rings. The number of nitrogens with zero attached hydrogens (tertiary/aromatic N) is 3. The number of hydrogen-bond donors (Lipinski definition) is 0. The molecule has 0 spiro atoms. The number of carbonyl (C=O) groups excluding carboxylic acids is 1. The van der Waals surface area contributed by atoms with E-state index in [9.17, 15) is 27.7 Å². The van der Waals surface area contributed by atoms with Crippen LogP contribution >= 0.6 is 22.9 Å². The number of rotatable bonds is 10. The zero-order valence-corrected chi connectivity index (χ0v) is 20.7. The van der Waals surface area contributed by atoms with Gasteiger partial charge in [-0.1, -0.05) is 29.8 Å². The lowest BCUT2D eigenvalue weighted by molar-refractivity contribution is -0.384. The molecule has 8 nitrogen and oxygen atoms in total. The molecule has 1 aliphatic carbocycles. The van der Waals surface area contributed by atoms with Gasteiger partial charge < -0.3 is 4.90 Å². The van der Waals surface area contributed by atoms with E-state index < -0.39 is 38.9 Å². The third kappa shape index (κ3) is 6.04. The number of carbonyl (C=O) groups is 1. The summed E-state index contributed by atoms with van der Waals surface area (Å²) in [6.07, 6.45) is 1.18. The minimum absolute atomic E-state index is 0.169. The molecule has 0 aliphatic heterocycles. The molecular formula is C23H21ClFN3O5S2. The molecule has 4 rings (SSSR count). The van der Waals surface area contributed by atoms with Gasteiger partial charge in [-0.3, -0.25) is 14.9 Å². The van der Waals surface area contributed by atoms with E-state index in [2.05, 4.69) is 0 Å². The van der Waals surface area contributed by atoms with Crippen molar-refractivity contribution in [2.45, 2.75) is 36.9 Å². The summed E-state index contributed by atoms with van der Waals surface area (Å²) < 4.78 is 41.3. The van der Waals surface area contributed by atoms with Crippen molar-refractivity contribution < 1.29 is 22.5 Å². The first-order valence-corrected chi connectivity index (χ1v) is 13.4. The van der Waals surface area contributed by atoms with Crippen LogP contribution in [0, 0.1) is 15.9 Å². The Morgan fingerprint density at radius 1 is 1.14 bits per heavy atom. The molecular weight excluding hydrogens is 517 g/mol. The summed E-state index contributed by atoms with van der Waals surface area (Å²) in [6.45, 7) is 0.0107.